The fourth-order valence-corrected chi connectivity index (χ4v) is 4.55. The number of hydrogen-bond donors (Lipinski definition) is 0. The molecule has 0 fully saturated rings. The first-order valence-electron chi connectivity index (χ1n) is 11.1. The molecule has 13 heteroatoms. The molecule has 0 radical (unpaired) electrons. The number of anilines is 1. The average molecular weight is 583 g/mol. The number of hydrogen-bond acceptors (Lipinski definition) is 7. The minimum Gasteiger partial charge on any atom is -0.744 e. The van der Waals surface area contributed by atoms with Crippen LogP contribution in [0.1, 0.15) is 32.6 Å². The molecule has 0 saturated heterocycles. The van der Waals surface area contributed by atoms with Crippen LogP contribution in [-0.4, -0.2) is 32.8 Å². The molecular weight excluding hydrogens is 565 g/mol. The van der Waals surface area contributed by atoms with Crippen LogP contribution in [0.25, 0.3) is 23.1 Å². The van der Waals surface area contributed by atoms with Gasteiger partial charge in [-0.05, 0) is 36.3 Å². The van der Waals surface area contributed by atoms with Crippen molar-refractivity contribution in [3.63, 3.8) is 0 Å². The summed E-state index contributed by atoms with van der Waals surface area (Å²) in [4.78, 5) is 24.7. The number of aryl methyl sites for hydroxylation is 1. The zero-order valence-electron chi connectivity index (χ0n) is 21.5. The Morgan fingerprint density at radius 3 is 2.02 bits per heavy atom. The molecule has 0 bridgehead atoms. The topological polar surface area (TPSA) is 108 Å². The Morgan fingerprint density at radius 1 is 0.925 bits per heavy atom. The van der Waals surface area contributed by atoms with Crippen LogP contribution in [0.5, 0.6) is 0 Å². The Balaban J connectivity index is 0.00000441. The Kier molecular flexibility index (Phi) is 9.12. The van der Waals surface area contributed by atoms with E-state index in [0.717, 1.165) is 23.2 Å². The van der Waals surface area contributed by atoms with Crippen LogP contribution in [0.15, 0.2) is 56.6 Å². The maximum Gasteiger partial charge on any atom is 1.00 e. The molecular formula is C27H18F4NNaO6S. The van der Waals surface area contributed by atoms with Gasteiger partial charge in [-0.3, -0.25) is 4.79 Å². The monoisotopic (exact) mass is 583 g/mol. The van der Waals surface area contributed by atoms with Crippen molar-refractivity contribution in [2.75, 3.05) is 19.0 Å². The predicted octanol–water partition coefficient (Wildman–Crippen LogP) is 2.03. The van der Waals surface area contributed by atoms with Crippen molar-refractivity contribution in [2.24, 2.45) is 0 Å². The van der Waals surface area contributed by atoms with Gasteiger partial charge >= 0.3 is 35.2 Å². The van der Waals surface area contributed by atoms with E-state index in [9.17, 15) is 40.1 Å². The summed E-state index contributed by atoms with van der Waals surface area (Å²) in [5.74, 6) is -11.1. The van der Waals surface area contributed by atoms with Gasteiger partial charge in [0, 0.05) is 36.8 Å². The van der Waals surface area contributed by atoms with E-state index >= 15 is 0 Å². The van der Waals surface area contributed by atoms with E-state index in [4.69, 9.17) is 4.42 Å². The number of benzene rings is 3. The van der Waals surface area contributed by atoms with Gasteiger partial charge in [0.25, 0.3) is 0 Å². The zero-order valence-corrected chi connectivity index (χ0v) is 24.3. The minimum absolute atomic E-state index is 0. The number of ketones is 1. The molecule has 0 amide bonds. The first kappa shape index (κ1) is 31.2. The third kappa shape index (κ3) is 5.77. The molecule has 0 saturated carbocycles. The number of nitrogens with zero attached hydrogens (tertiary/aromatic N) is 1. The molecule has 0 aliphatic heterocycles. The number of carbonyl (C=O) groups excluding carboxylic acids is 1. The summed E-state index contributed by atoms with van der Waals surface area (Å²) in [6.07, 6.45) is 3.01. The quantitative estimate of drug-likeness (QED) is 0.0854. The van der Waals surface area contributed by atoms with E-state index in [1.165, 1.54) is 24.3 Å². The molecule has 4 rings (SSSR count). The standard InChI is InChI=1S/C27H19F4NO6S.Na/c1-13-17-11-9-16(32(2)3)12-19(17)38-27(34)18(13)10-6-14-4-7-15(8-5-14)25(33)20-21(28)23(30)26(39(35,36)37)24(31)22(20)29;/h4-12H,1-3H3,(H,35,36,37);/q;+1/p-1/b10-6+;. The molecule has 40 heavy (non-hydrogen) atoms. The molecule has 0 aliphatic rings. The Labute approximate surface area is 247 Å². The maximum absolute atomic E-state index is 14.3. The molecule has 1 heterocycles. The molecule has 0 N–H and O–H groups in total. The number of rotatable bonds is 6. The van der Waals surface area contributed by atoms with E-state index in [1.54, 1.807) is 13.0 Å². The molecule has 0 atom stereocenters. The average Bonchev–Trinajstić information content (AvgIpc) is 2.86. The van der Waals surface area contributed by atoms with Crippen LogP contribution >= 0.6 is 0 Å². The van der Waals surface area contributed by atoms with Gasteiger partial charge in [0.1, 0.15) is 26.2 Å². The summed E-state index contributed by atoms with van der Waals surface area (Å²) in [6.45, 7) is 1.75. The van der Waals surface area contributed by atoms with Gasteiger partial charge in [0.05, 0.1) is 5.56 Å². The Hall–Kier alpha value is -3.29. The summed E-state index contributed by atoms with van der Waals surface area (Å²) in [7, 11) is -2.20. The van der Waals surface area contributed by atoms with Crippen LogP contribution < -0.4 is 40.1 Å². The van der Waals surface area contributed by atoms with Gasteiger partial charge in [-0.1, -0.05) is 30.3 Å². The summed E-state index contributed by atoms with van der Waals surface area (Å²) >= 11 is 0. The van der Waals surface area contributed by atoms with E-state index in [2.05, 4.69) is 0 Å². The first-order valence-corrected chi connectivity index (χ1v) is 12.5. The first-order chi connectivity index (χ1) is 18.2. The van der Waals surface area contributed by atoms with Crippen molar-refractivity contribution in [3.05, 3.63) is 104 Å². The van der Waals surface area contributed by atoms with Crippen molar-refractivity contribution in [1.29, 1.82) is 0 Å². The van der Waals surface area contributed by atoms with Crippen molar-refractivity contribution >= 4 is 44.7 Å². The second-order valence-corrected chi connectivity index (χ2v) is 10.0. The van der Waals surface area contributed by atoms with Gasteiger partial charge in [-0.25, -0.2) is 30.8 Å². The molecule has 0 aliphatic carbocycles. The fourth-order valence-electron chi connectivity index (χ4n) is 3.93. The van der Waals surface area contributed by atoms with Crippen LogP contribution in [0, 0.1) is 30.2 Å². The van der Waals surface area contributed by atoms with Crippen molar-refractivity contribution < 1.29 is 69.3 Å². The van der Waals surface area contributed by atoms with Crippen LogP contribution in [0.4, 0.5) is 23.2 Å². The predicted molar refractivity (Wildman–Crippen MR) is 135 cm³/mol. The normalized spacial score (nSPS) is 11.6. The largest absolute Gasteiger partial charge is 1.00 e. The molecule has 7 nitrogen and oxygen atoms in total. The van der Waals surface area contributed by atoms with Crippen LogP contribution in [-0.2, 0) is 10.1 Å². The van der Waals surface area contributed by atoms with E-state index in [-0.39, 0.29) is 40.7 Å². The van der Waals surface area contributed by atoms with Crippen molar-refractivity contribution in [2.45, 2.75) is 11.8 Å². The SMILES string of the molecule is Cc1c(/C=C/c2ccc(C(=O)c3c(F)c(F)c(S(=O)(=O)[O-])c(F)c3F)cc2)c(=O)oc2cc(N(C)C)ccc12.[Na+]. The molecule has 0 spiro atoms. The smallest absolute Gasteiger partial charge is 0.744 e. The number of halogens is 4. The van der Waals surface area contributed by atoms with Crippen LogP contribution in [0.3, 0.4) is 0 Å². The third-order valence-corrected chi connectivity index (χ3v) is 6.89. The van der Waals surface area contributed by atoms with Gasteiger partial charge in [-0.15, -0.1) is 0 Å². The summed E-state index contributed by atoms with van der Waals surface area (Å²) in [5.41, 5.74) is -0.0347. The molecule has 4 aromatic rings. The maximum atomic E-state index is 14.3. The fraction of sp³-hybridized carbons (Fsp3) is 0.111. The van der Waals surface area contributed by atoms with Crippen molar-refractivity contribution in [1.82, 2.24) is 0 Å². The Bertz CT molecular complexity index is 1820. The van der Waals surface area contributed by atoms with Gasteiger partial charge in [0.15, 0.2) is 29.1 Å². The van der Waals surface area contributed by atoms with Gasteiger partial charge < -0.3 is 13.9 Å². The number of carbonyl (C=O) groups is 1. The second-order valence-electron chi connectivity index (χ2n) is 8.70. The van der Waals surface area contributed by atoms with E-state index in [1.807, 2.05) is 31.1 Å². The summed E-state index contributed by atoms with van der Waals surface area (Å²) < 4.78 is 95.2. The van der Waals surface area contributed by atoms with Gasteiger partial charge in [0.2, 0.25) is 0 Å². The molecule has 0 unspecified atom stereocenters. The minimum atomic E-state index is -5.90. The molecule has 3 aromatic carbocycles. The molecule has 1 aromatic heterocycles. The number of fused-ring (bicyclic) bond motifs is 1. The van der Waals surface area contributed by atoms with E-state index in [0.29, 0.717) is 16.7 Å². The summed E-state index contributed by atoms with van der Waals surface area (Å²) in [5, 5.41) is 0.722. The van der Waals surface area contributed by atoms with Crippen LogP contribution in [0.2, 0.25) is 0 Å². The van der Waals surface area contributed by atoms with Gasteiger partial charge in [-0.2, -0.15) is 0 Å². The van der Waals surface area contributed by atoms with E-state index < -0.39 is 55.3 Å². The zero-order chi connectivity index (χ0) is 28.8. The summed E-state index contributed by atoms with van der Waals surface area (Å²) in [6, 6.07) is 10.3. The molecule has 202 valence electrons. The second kappa shape index (κ2) is 11.7. The Morgan fingerprint density at radius 2 is 1.50 bits per heavy atom. The van der Waals surface area contributed by atoms with Crippen molar-refractivity contribution in [3.8, 4) is 0 Å². The third-order valence-electron chi connectivity index (χ3n) is 6.03.